The van der Waals surface area contributed by atoms with Crippen LogP contribution in [0.5, 0.6) is 17.2 Å². The molecule has 9 aromatic carbocycles. The van der Waals surface area contributed by atoms with Crippen molar-refractivity contribution in [3.05, 3.63) is 271 Å². The first-order chi connectivity index (χ1) is 50.0. The van der Waals surface area contributed by atoms with Crippen LogP contribution in [0.15, 0.2) is 182 Å². The monoisotopic (exact) mass is 1560 g/mol. The molecular weight excluding hydrogens is 1500 g/mol. The second-order valence-electron chi connectivity index (χ2n) is 22.6. The molecule has 0 spiro atoms. The number of carboxylic acids is 1. The van der Waals surface area contributed by atoms with Crippen LogP contribution in [0, 0.1) is 52.4 Å². The van der Waals surface area contributed by atoms with Crippen molar-refractivity contribution in [2.24, 2.45) is 17.2 Å². The number of rotatable bonds is 23. The van der Waals surface area contributed by atoms with Gasteiger partial charge in [0, 0.05) is 97.4 Å². The van der Waals surface area contributed by atoms with Crippen LogP contribution >= 0.6 is 28.3 Å². The summed E-state index contributed by atoms with van der Waals surface area (Å²) < 4.78 is 172. The maximum absolute atomic E-state index is 15.2. The van der Waals surface area contributed by atoms with Gasteiger partial charge in [-0.15, -0.1) is 12.4 Å². The summed E-state index contributed by atoms with van der Waals surface area (Å²) in [5.41, 5.74) is 20.3. The Morgan fingerprint density at radius 1 is 0.430 bits per heavy atom. The number of hydrogen-bond acceptors (Lipinski definition) is 17. The van der Waals surface area contributed by atoms with Crippen LogP contribution in [-0.4, -0.2) is 58.9 Å². The third-order valence-electron chi connectivity index (χ3n) is 15.8. The fourth-order valence-corrected chi connectivity index (χ4v) is 11.4. The summed E-state index contributed by atoms with van der Waals surface area (Å²) in [5.74, 6) is -6.59. The number of nitrogens with two attached hydrogens (primary N) is 3. The molecule has 0 radical (unpaired) electrons. The largest absolute Gasteiger partial charge is 1.00 e. The van der Waals surface area contributed by atoms with E-state index in [1.807, 2.05) is 0 Å². The number of furan rings is 3. The standard InChI is InChI=1S/C26H22F3NO4.C24H18F3NO4.C19H15BrF2O4.C7H9BFNO2.ClH.Li.H2O/c1-2-32-23(31)12-16-10-18(27)6-7-22(16)34-14-17-11-21(26-20(25(17)29)8-9-33-26)19-5-3-4-15(13-30)24(19)28;25-16-4-5-20(14(8-16)10-21(29)30)32-12-15-9-19(24-18(23(15)27)6-7-31-24)17-3-1-2-13(11-28)22(17)26;1-2-24-17(23)9-11-7-13(21)3-4-16(11)26-10-12-8-15(20)19-14(18(12)22)5-6-25-19;9-7-5(4-10)2-1-3-6(7)8(11)12;;;/h3-11H,2,12-14,30H2,1H3;1-9H,10-12,28H2,(H,29,30);3-8H,2,9-10H2,1H3;1-3,11-12H,4,10H2;1H;;1H2/q;;;;;+1;/p-1. The van der Waals surface area contributed by atoms with Crippen molar-refractivity contribution in [1.29, 1.82) is 0 Å². The first-order valence-electron chi connectivity index (χ1n) is 31.7. The Labute approximate surface area is 632 Å². The number of ether oxygens (including phenoxy) is 5. The van der Waals surface area contributed by atoms with E-state index in [4.69, 9.17) is 69.3 Å². The van der Waals surface area contributed by atoms with Crippen LogP contribution in [0.4, 0.5) is 39.5 Å². The summed E-state index contributed by atoms with van der Waals surface area (Å²) in [5, 5.41) is 27.1. The van der Waals surface area contributed by atoms with Gasteiger partial charge in [-0.05, 0) is 121 Å². The van der Waals surface area contributed by atoms with Gasteiger partial charge in [-0.1, -0.05) is 54.6 Å². The molecule has 0 atom stereocenters. The zero-order valence-corrected chi connectivity index (χ0v) is 59.5. The van der Waals surface area contributed by atoms with E-state index in [0.717, 1.165) is 12.1 Å². The Morgan fingerprint density at radius 3 is 1.14 bits per heavy atom. The second-order valence-corrected chi connectivity index (χ2v) is 23.5. The molecule has 0 aliphatic heterocycles. The number of benzene rings is 9. The average molecular weight is 1570 g/mol. The number of aliphatic carboxylic acids is 1. The van der Waals surface area contributed by atoms with Gasteiger partial charge in [0.1, 0.15) is 101 Å². The van der Waals surface area contributed by atoms with Crippen LogP contribution in [0.3, 0.4) is 0 Å². The molecule has 107 heavy (non-hydrogen) atoms. The van der Waals surface area contributed by atoms with Crippen molar-refractivity contribution >= 4 is 91.7 Å². The number of carbonyl (C=O) groups excluding carboxylic acids is 2. The predicted octanol–water partition coefficient (Wildman–Crippen LogP) is 12.2. The maximum Gasteiger partial charge on any atom is 1.00 e. The van der Waals surface area contributed by atoms with Crippen molar-refractivity contribution in [3.63, 3.8) is 0 Å². The zero-order chi connectivity index (χ0) is 74.9. The molecule has 3 heterocycles. The van der Waals surface area contributed by atoms with E-state index in [1.54, 1.807) is 56.3 Å². The molecule has 0 saturated carbocycles. The minimum absolute atomic E-state index is 0. The summed E-state index contributed by atoms with van der Waals surface area (Å²) in [4.78, 5) is 34.7. The molecule has 556 valence electrons. The fraction of sp³-hybridized carbons (Fsp3) is 0.171. The molecule has 31 heteroatoms. The van der Waals surface area contributed by atoms with E-state index in [-0.39, 0.29) is 180 Å². The third-order valence-corrected chi connectivity index (χ3v) is 16.4. The number of carbonyl (C=O) groups is 3. The normalized spacial score (nSPS) is 10.6. The smallest absolute Gasteiger partial charge is 0.870 e. The van der Waals surface area contributed by atoms with Gasteiger partial charge in [0.25, 0.3) is 0 Å². The number of esters is 2. The van der Waals surface area contributed by atoms with E-state index in [2.05, 4.69) is 15.9 Å². The minimum Gasteiger partial charge on any atom is -0.870 e. The Morgan fingerprint density at radius 2 is 0.776 bits per heavy atom. The van der Waals surface area contributed by atoms with Crippen molar-refractivity contribution in [3.8, 4) is 39.5 Å². The van der Waals surface area contributed by atoms with Crippen LogP contribution in [0.25, 0.3) is 55.2 Å². The van der Waals surface area contributed by atoms with Gasteiger partial charge in [-0.3, -0.25) is 14.4 Å². The van der Waals surface area contributed by atoms with Crippen molar-refractivity contribution in [2.45, 2.75) is 72.6 Å². The summed E-state index contributed by atoms with van der Waals surface area (Å²) in [7, 11) is -1.78. The van der Waals surface area contributed by atoms with Crippen LogP contribution in [-0.2, 0) is 82.6 Å². The Hall–Kier alpha value is -10.0. The molecule has 18 nitrogen and oxygen atoms in total. The first-order valence-corrected chi connectivity index (χ1v) is 32.5. The van der Waals surface area contributed by atoms with Gasteiger partial charge in [0.15, 0.2) is 5.58 Å². The number of halogens is 11. The SMILES string of the molecule is CCOC(=O)Cc1cc(F)ccc1OCc1cc(-c2cccc(CN)c2F)c2occc2c1F.CCOC(=O)Cc1cc(F)ccc1OCc1cc(Br)c2occc2c1F.Cl.NCc1cccc(-c2cc(COc3ccc(F)cc3CC(=O)O)c(F)c3ccoc23)c1F.NCc1cccc(B(O)O)c1F.[Li+].[OH-]. The molecule has 0 unspecified atom stereocenters. The van der Waals surface area contributed by atoms with E-state index >= 15 is 13.2 Å². The molecule has 0 fully saturated rings. The van der Waals surface area contributed by atoms with Gasteiger partial charge in [0.2, 0.25) is 0 Å². The van der Waals surface area contributed by atoms with Crippen molar-refractivity contribution in [2.75, 3.05) is 13.2 Å². The van der Waals surface area contributed by atoms with E-state index < -0.39 is 83.8 Å². The van der Waals surface area contributed by atoms with Crippen LogP contribution in [0.2, 0.25) is 0 Å². The molecule has 0 amide bonds. The summed E-state index contributed by atoms with van der Waals surface area (Å²) in [6.07, 6.45) is 3.24. The molecular formula is C76H66BBrClF9LiN3O15. The summed E-state index contributed by atoms with van der Waals surface area (Å²) >= 11 is 3.33. The fourth-order valence-electron chi connectivity index (χ4n) is 10.9. The maximum atomic E-state index is 15.2. The minimum atomic E-state index is -1.78. The van der Waals surface area contributed by atoms with E-state index in [1.165, 1.54) is 110 Å². The molecule has 0 bridgehead atoms. The molecule has 0 saturated heterocycles. The van der Waals surface area contributed by atoms with Crippen molar-refractivity contribution in [1.82, 2.24) is 0 Å². The zero-order valence-electron chi connectivity index (χ0n) is 57.1. The Bertz CT molecular complexity index is 5090. The van der Waals surface area contributed by atoms with Gasteiger partial charge >= 0.3 is 43.9 Å². The average Bonchev–Trinajstić information content (AvgIpc) is 1.16. The quantitative estimate of drug-likeness (QED) is 0.0197. The number of fused-ring (bicyclic) bond motifs is 3. The number of carboxylic acid groups (broad SMARTS) is 1. The van der Waals surface area contributed by atoms with Crippen molar-refractivity contribution < 1.29 is 130 Å². The molecule has 10 N–H and O–H groups in total. The van der Waals surface area contributed by atoms with Crippen LogP contribution in [0.1, 0.15) is 63.9 Å². The Balaban J connectivity index is 0.000000231. The molecule has 0 aliphatic rings. The molecule has 12 rings (SSSR count). The van der Waals surface area contributed by atoms with E-state index in [0.29, 0.717) is 54.6 Å². The summed E-state index contributed by atoms with van der Waals surface area (Å²) in [6, 6.07) is 33.7. The van der Waals surface area contributed by atoms with Gasteiger partial charge < -0.3 is 74.8 Å². The number of hydrogen-bond donors (Lipinski definition) is 6. The van der Waals surface area contributed by atoms with E-state index in [9.17, 15) is 40.7 Å². The molecule has 3 aromatic heterocycles. The topological polar surface area (TPSA) is 306 Å². The molecule has 12 aromatic rings. The van der Waals surface area contributed by atoms with Gasteiger partial charge in [-0.25, -0.2) is 39.5 Å². The molecule has 0 aliphatic carbocycles. The van der Waals surface area contributed by atoms with Gasteiger partial charge in [0.05, 0.1) is 71.9 Å². The summed E-state index contributed by atoms with van der Waals surface area (Å²) in [6.45, 7) is 3.18. The predicted molar refractivity (Wildman–Crippen MR) is 380 cm³/mol. The Kier molecular flexibility index (Phi) is 32.2. The third kappa shape index (κ3) is 21.2. The second kappa shape index (κ2) is 40.1. The first kappa shape index (κ1) is 85.9. The van der Waals surface area contributed by atoms with Gasteiger partial charge in [-0.2, -0.15) is 0 Å². The van der Waals surface area contributed by atoms with Crippen LogP contribution < -0.4 is 55.7 Å².